The lowest BCUT2D eigenvalue weighted by atomic mass is 9.86. The maximum Gasteiger partial charge on any atom is 0.146 e. The van der Waals surface area contributed by atoms with Crippen LogP contribution < -0.4 is 16.1 Å². The van der Waals surface area contributed by atoms with E-state index in [0.717, 1.165) is 52.4 Å². The Labute approximate surface area is 181 Å². The maximum atomic E-state index is 10.4. The largest absolute Gasteiger partial charge is 0.393 e. The van der Waals surface area contributed by atoms with Crippen LogP contribution in [0.2, 0.25) is 0 Å². The zero-order chi connectivity index (χ0) is 20.3. The number of morpholine rings is 1. The molecular weight excluding hydrogens is 382 g/mol. The van der Waals surface area contributed by atoms with Crippen molar-refractivity contribution in [1.29, 1.82) is 0 Å². The van der Waals surface area contributed by atoms with E-state index in [1.807, 2.05) is 0 Å². The molecule has 7 atom stereocenters. The van der Waals surface area contributed by atoms with Gasteiger partial charge in [0, 0.05) is 32.1 Å². The van der Waals surface area contributed by atoms with E-state index in [0.29, 0.717) is 24.0 Å². The Morgan fingerprint density at radius 1 is 0.933 bits per heavy atom. The van der Waals surface area contributed by atoms with Crippen LogP contribution in [0.4, 0.5) is 0 Å². The molecule has 4 heterocycles. The Bertz CT molecular complexity index is 541. The van der Waals surface area contributed by atoms with E-state index < -0.39 is 0 Å². The van der Waals surface area contributed by atoms with Gasteiger partial charge in [0.05, 0.1) is 37.7 Å². The molecular formula is C22H41N5O3. The number of aliphatic hydroxyl groups excluding tert-OH is 1. The molecule has 0 spiro atoms. The summed E-state index contributed by atoms with van der Waals surface area (Å²) in [5.41, 5.74) is 3.32. The Kier molecular flexibility index (Phi) is 7.23. The minimum atomic E-state index is -0.115. The number of ether oxygens (including phenoxy) is 1. The molecule has 5 fully saturated rings. The molecule has 8 nitrogen and oxygen atoms in total. The summed E-state index contributed by atoms with van der Waals surface area (Å²) in [6, 6.07) is 0.411. The van der Waals surface area contributed by atoms with E-state index in [1.54, 1.807) is 0 Å². The Morgan fingerprint density at radius 3 is 2.60 bits per heavy atom. The number of hydrogen-bond acceptors (Lipinski definition) is 8. The lowest BCUT2D eigenvalue weighted by Gasteiger charge is -2.40. The molecule has 7 unspecified atom stereocenters. The van der Waals surface area contributed by atoms with Crippen molar-refractivity contribution in [2.45, 2.75) is 82.1 Å². The highest BCUT2D eigenvalue weighted by Gasteiger charge is 2.42. The van der Waals surface area contributed by atoms with Gasteiger partial charge in [-0.05, 0) is 51.0 Å². The van der Waals surface area contributed by atoms with Gasteiger partial charge in [-0.2, -0.15) is 5.48 Å². The molecule has 30 heavy (non-hydrogen) atoms. The maximum absolute atomic E-state index is 10.4. The molecule has 1 saturated carbocycles. The van der Waals surface area contributed by atoms with Crippen LogP contribution >= 0.6 is 0 Å². The van der Waals surface area contributed by atoms with Crippen molar-refractivity contribution in [3.63, 3.8) is 0 Å². The van der Waals surface area contributed by atoms with E-state index >= 15 is 0 Å². The SMILES string of the molecule is OC1CCCCC1CN1CCCC1C1NC(C2CCC(N3CCOCC3)NC2)NO1. The Morgan fingerprint density at radius 2 is 1.80 bits per heavy atom. The second kappa shape index (κ2) is 10.1. The molecule has 4 saturated heterocycles. The van der Waals surface area contributed by atoms with Gasteiger partial charge in [0.1, 0.15) is 6.23 Å². The van der Waals surface area contributed by atoms with Crippen LogP contribution in [-0.4, -0.2) is 91.5 Å². The van der Waals surface area contributed by atoms with Crippen LogP contribution in [0, 0.1) is 11.8 Å². The average Bonchev–Trinajstić information content (AvgIpc) is 3.46. The van der Waals surface area contributed by atoms with Crippen molar-refractivity contribution in [2.24, 2.45) is 11.8 Å². The minimum absolute atomic E-state index is 0.0511. The molecule has 4 aliphatic heterocycles. The second-order valence-corrected chi connectivity index (χ2v) is 10.0. The van der Waals surface area contributed by atoms with Crippen LogP contribution in [-0.2, 0) is 9.57 Å². The standard InChI is InChI=1S/C22H41N5O3/c28-19-6-2-1-4-17(19)15-27-9-3-5-18(27)22-24-21(25-30-22)16-7-8-20(23-14-16)26-10-12-29-13-11-26/h16-25,28H,1-15H2. The summed E-state index contributed by atoms with van der Waals surface area (Å²) in [4.78, 5) is 11.2. The van der Waals surface area contributed by atoms with Gasteiger partial charge in [0.2, 0.25) is 0 Å². The van der Waals surface area contributed by atoms with Gasteiger partial charge < -0.3 is 15.2 Å². The van der Waals surface area contributed by atoms with E-state index in [2.05, 4.69) is 25.9 Å². The van der Waals surface area contributed by atoms with E-state index in [-0.39, 0.29) is 18.5 Å². The Hall–Kier alpha value is -0.320. The van der Waals surface area contributed by atoms with E-state index in [1.165, 1.54) is 44.9 Å². The molecule has 0 bridgehead atoms. The van der Waals surface area contributed by atoms with Crippen molar-refractivity contribution < 1.29 is 14.7 Å². The van der Waals surface area contributed by atoms with Crippen LogP contribution in [0.3, 0.4) is 0 Å². The zero-order valence-electron chi connectivity index (χ0n) is 18.3. The second-order valence-electron chi connectivity index (χ2n) is 10.0. The van der Waals surface area contributed by atoms with Crippen LogP contribution in [0.1, 0.15) is 51.4 Å². The predicted molar refractivity (Wildman–Crippen MR) is 114 cm³/mol. The van der Waals surface area contributed by atoms with Crippen molar-refractivity contribution in [2.75, 3.05) is 45.9 Å². The third kappa shape index (κ3) is 4.86. The van der Waals surface area contributed by atoms with Crippen molar-refractivity contribution in [3.8, 4) is 0 Å². The lowest BCUT2D eigenvalue weighted by molar-refractivity contribution is -0.0350. The summed E-state index contributed by atoms with van der Waals surface area (Å²) >= 11 is 0. The molecule has 0 aromatic carbocycles. The third-order valence-corrected chi connectivity index (χ3v) is 8.15. The summed E-state index contributed by atoms with van der Waals surface area (Å²) in [6.45, 7) is 6.97. The van der Waals surface area contributed by atoms with Gasteiger partial charge >= 0.3 is 0 Å². The zero-order valence-corrected chi connectivity index (χ0v) is 18.3. The smallest absolute Gasteiger partial charge is 0.146 e. The molecule has 8 heteroatoms. The summed E-state index contributed by atoms with van der Waals surface area (Å²) in [7, 11) is 0. The summed E-state index contributed by atoms with van der Waals surface area (Å²) in [5, 5.41) is 17.9. The molecule has 5 aliphatic rings. The first-order valence-corrected chi connectivity index (χ1v) is 12.4. The Balaban J connectivity index is 1.09. The number of nitrogens with one attached hydrogen (secondary N) is 3. The van der Waals surface area contributed by atoms with Crippen molar-refractivity contribution in [3.05, 3.63) is 0 Å². The van der Waals surface area contributed by atoms with Gasteiger partial charge in [-0.15, -0.1) is 0 Å². The minimum Gasteiger partial charge on any atom is -0.393 e. The average molecular weight is 424 g/mol. The number of hydrogen-bond donors (Lipinski definition) is 4. The topological polar surface area (TPSA) is 81.3 Å². The number of piperidine rings is 1. The molecule has 0 radical (unpaired) electrons. The van der Waals surface area contributed by atoms with Crippen LogP contribution in [0.15, 0.2) is 0 Å². The highest BCUT2D eigenvalue weighted by molar-refractivity contribution is 4.93. The van der Waals surface area contributed by atoms with E-state index in [4.69, 9.17) is 9.57 Å². The van der Waals surface area contributed by atoms with Gasteiger partial charge in [0.15, 0.2) is 0 Å². The first-order chi connectivity index (χ1) is 14.8. The van der Waals surface area contributed by atoms with Crippen molar-refractivity contribution in [1.82, 2.24) is 25.9 Å². The number of rotatable bonds is 5. The number of hydroxylamine groups is 1. The normalized spacial score (nSPS) is 44.5. The van der Waals surface area contributed by atoms with Gasteiger partial charge in [-0.3, -0.25) is 20.0 Å². The molecule has 0 amide bonds. The lowest BCUT2D eigenvalue weighted by Crippen LogP contribution is -2.57. The van der Waals surface area contributed by atoms with Crippen LogP contribution in [0.25, 0.3) is 0 Å². The van der Waals surface area contributed by atoms with Crippen molar-refractivity contribution >= 4 is 0 Å². The summed E-state index contributed by atoms with van der Waals surface area (Å²) in [6.07, 6.45) is 10.0. The predicted octanol–water partition coefficient (Wildman–Crippen LogP) is 0.436. The molecule has 4 N–H and O–H groups in total. The van der Waals surface area contributed by atoms with Gasteiger partial charge in [-0.1, -0.05) is 12.8 Å². The number of nitrogens with zero attached hydrogens (tertiary/aromatic N) is 2. The highest BCUT2D eigenvalue weighted by Crippen LogP contribution is 2.30. The third-order valence-electron chi connectivity index (χ3n) is 8.15. The fourth-order valence-electron chi connectivity index (χ4n) is 6.29. The number of likely N-dealkylation sites (tertiary alicyclic amines) is 1. The number of aliphatic hydroxyl groups is 1. The fourth-order valence-corrected chi connectivity index (χ4v) is 6.29. The molecule has 172 valence electrons. The van der Waals surface area contributed by atoms with E-state index in [9.17, 15) is 5.11 Å². The molecule has 0 aromatic heterocycles. The monoisotopic (exact) mass is 423 g/mol. The van der Waals surface area contributed by atoms with Crippen LogP contribution in [0.5, 0.6) is 0 Å². The fraction of sp³-hybridized carbons (Fsp3) is 1.00. The summed E-state index contributed by atoms with van der Waals surface area (Å²) < 4.78 is 5.49. The molecule has 0 aromatic rings. The van der Waals surface area contributed by atoms with Gasteiger partial charge in [0.25, 0.3) is 0 Å². The summed E-state index contributed by atoms with van der Waals surface area (Å²) in [5.74, 6) is 0.978. The highest BCUT2D eigenvalue weighted by atomic mass is 16.7. The quantitative estimate of drug-likeness (QED) is 0.507. The first kappa shape index (κ1) is 21.5. The molecule has 1 aliphatic carbocycles. The molecule has 5 rings (SSSR count). The van der Waals surface area contributed by atoms with Gasteiger partial charge in [-0.25, -0.2) is 0 Å². The first-order valence-electron chi connectivity index (χ1n) is 12.4.